The summed E-state index contributed by atoms with van der Waals surface area (Å²) >= 11 is 0. The van der Waals surface area contributed by atoms with Gasteiger partial charge >= 0.3 is 5.97 Å². The molecule has 0 aliphatic heterocycles. The molecule has 0 radical (unpaired) electrons. The van der Waals surface area contributed by atoms with Gasteiger partial charge in [0, 0.05) is 23.7 Å². The second-order valence-corrected chi connectivity index (χ2v) is 8.82. The SMILES string of the molecule is Cc1ccc(-n2c(-c3ccccc3)nc3ccc(OCCCCCC(=O)OC(C)C)cc32)cc1. The van der Waals surface area contributed by atoms with Gasteiger partial charge in [-0.2, -0.15) is 0 Å². The Bertz CT molecular complexity index is 1230. The Morgan fingerprint density at radius 3 is 2.44 bits per heavy atom. The predicted molar refractivity (Wildman–Crippen MR) is 136 cm³/mol. The molecule has 176 valence electrons. The molecule has 34 heavy (non-hydrogen) atoms. The molecule has 5 heteroatoms. The maximum absolute atomic E-state index is 11.6. The lowest BCUT2D eigenvalue weighted by atomic mass is 10.2. The molecule has 0 aliphatic carbocycles. The van der Waals surface area contributed by atoms with E-state index in [1.165, 1.54) is 5.56 Å². The molecule has 0 atom stereocenters. The van der Waals surface area contributed by atoms with E-state index in [0.29, 0.717) is 13.0 Å². The topological polar surface area (TPSA) is 53.4 Å². The highest BCUT2D eigenvalue weighted by molar-refractivity contribution is 5.84. The highest BCUT2D eigenvalue weighted by atomic mass is 16.5. The van der Waals surface area contributed by atoms with Crippen LogP contribution in [0.15, 0.2) is 72.8 Å². The van der Waals surface area contributed by atoms with Crippen molar-refractivity contribution >= 4 is 17.0 Å². The van der Waals surface area contributed by atoms with Crippen LogP contribution in [0.3, 0.4) is 0 Å². The quantitative estimate of drug-likeness (QED) is 0.193. The smallest absolute Gasteiger partial charge is 0.306 e. The number of fused-ring (bicyclic) bond motifs is 1. The molecule has 0 unspecified atom stereocenters. The average Bonchev–Trinajstić information content (AvgIpc) is 3.21. The van der Waals surface area contributed by atoms with Crippen molar-refractivity contribution in [2.45, 2.75) is 52.6 Å². The first-order chi connectivity index (χ1) is 16.5. The number of rotatable bonds is 10. The Morgan fingerprint density at radius 1 is 0.941 bits per heavy atom. The number of imidazole rings is 1. The number of hydrogen-bond acceptors (Lipinski definition) is 4. The Balaban J connectivity index is 1.50. The Morgan fingerprint density at radius 2 is 1.71 bits per heavy atom. The molecule has 0 bridgehead atoms. The van der Waals surface area contributed by atoms with E-state index in [4.69, 9.17) is 14.5 Å². The lowest BCUT2D eigenvalue weighted by Gasteiger charge is -2.11. The summed E-state index contributed by atoms with van der Waals surface area (Å²) in [4.78, 5) is 16.6. The number of carbonyl (C=O) groups excluding carboxylic acids is 1. The minimum atomic E-state index is -0.125. The van der Waals surface area contributed by atoms with Gasteiger partial charge in [0.2, 0.25) is 0 Å². The number of carbonyl (C=O) groups is 1. The minimum Gasteiger partial charge on any atom is -0.494 e. The number of aromatic nitrogens is 2. The largest absolute Gasteiger partial charge is 0.494 e. The second kappa shape index (κ2) is 11.0. The molecular formula is C29H32N2O3. The van der Waals surface area contributed by atoms with Crippen LogP contribution in [0.4, 0.5) is 0 Å². The van der Waals surface area contributed by atoms with Gasteiger partial charge in [0.25, 0.3) is 0 Å². The Labute approximate surface area is 201 Å². The van der Waals surface area contributed by atoms with E-state index >= 15 is 0 Å². The average molecular weight is 457 g/mol. The summed E-state index contributed by atoms with van der Waals surface area (Å²) in [5.74, 6) is 1.60. The van der Waals surface area contributed by atoms with Gasteiger partial charge in [-0.05, 0) is 64.3 Å². The van der Waals surface area contributed by atoms with E-state index in [1.54, 1.807) is 0 Å². The molecule has 4 rings (SSSR count). The van der Waals surface area contributed by atoms with Gasteiger partial charge in [0.15, 0.2) is 0 Å². The zero-order chi connectivity index (χ0) is 23.9. The number of hydrogen-bond donors (Lipinski definition) is 0. The molecule has 0 spiro atoms. The number of aryl methyl sites for hydroxylation is 1. The number of nitrogens with zero attached hydrogens (tertiary/aromatic N) is 2. The molecule has 5 nitrogen and oxygen atoms in total. The first-order valence-electron chi connectivity index (χ1n) is 12.0. The Hall–Kier alpha value is -3.60. The van der Waals surface area contributed by atoms with Gasteiger partial charge in [-0.15, -0.1) is 0 Å². The molecule has 0 N–H and O–H groups in total. The fourth-order valence-corrected chi connectivity index (χ4v) is 3.94. The van der Waals surface area contributed by atoms with E-state index in [9.17, 15) is 4.79 Å². The van der Waals surface area contributed by atoms with E-state index in [1.807, 2.05) is 44.2 Å². The minimum absolute atomic E-state index is 0.0542. The molecule has 0 aliphatic rings. The van der Waals surface area contributed by atoms with Crippen LogP contribution in [-0.4, -0.2) is 28.2 Å². The van der Waals surface area contributed by atoms with E-state index in [0.717, 1.165) is 53.1 Å². The van der Waals surface area contributed by atoms with Crippen LogP contribution < -0.4 is 4.74 Å². The van der Waals surface area contributed by atoms with Crippen LogP contribution in [0.1, 0.15) is 45.1 Å². The van der Waals surface area contributed by atoms with Gasteiger partial charge in [-0.25, -0.2) is 4.98 Å². The summed E-state index contributed by atoms with van der Waals surface area (Å²) in [5.41, 5.74) is 5.29. The van der Waals surface area contributed by atoms with Crippen LogP contribution in [0.2, 0.25) is 0 Å². The highest BCUT2D eigenvalue weighted by Crippen LogP contribution is 2.31. The Kier molecular flexibility index (Phi) is 7.63. The third-order valence-corrected chi connectivity index (χ3v) is 5.61. The fourth-order valence-electron chi connectivity index (χ4n) is 3.94. The normalized spacial score (nSPS) is 11.2. The summed E-state index contributed by atoms with van der Waals surface area (Å²) in [6.45, 7) is 6.44. The van der Waals surface area contributed by atoms with Crippen molar-refractivity contribution in [1.29, 1.82) is 0 Å². The second-order valence-electron chi connectivity index (χ2n) is 8.82. The molecule has 1 heterocycles. The lowest BCUT2D eigenvalue weighted by Crippen LogP contribution is -2.11. The number of esters is 1. The molecule has 0 saturated heterocycles. The molecular weight excluding hydrogens is 424 g/mol. The maximum atomic E-state index is 11.6. The van der Waals surface area contributed by atoms with Gasteiger partial charge in [-0.1, -0.05) is 48.0 Å². The molecule has 0 fully saturated rings. The van der Waals surface area contributed by atoms with Crippen LogP contribution in [-0.2, 0) is 9.53 Å². The summed E-state index contributed by atoms with van der Waals surface area (Å²) in [5, 5.41) is 0. The van der Waals surface area contributed by atoms with Crippen LogP contribution in [0, 0.1) is 6.92 Å². The van der Waals surface area contributed by atoms with E-state index in [-0.39, 0.29) is 12.1 Å². The van der Waals surface area contributed by atoms with Crippen molar-refractivity contribution < 1.29 is 14.3 Å². The summed E-state index contributed by atoms with van der Waals surface area (Å²) < 4.78 is 13.4. The van der Waals surface area contributed by atoms with Gasteiger partial charge in [0.1, 0.15) is 11.6 Å². The fraction of sp³-hybridized carbons (Fsp3) is 0.310. The predicted octanol–water partition coefficient (Wildman–Crippen LogP) is 6.89. The van der Waals surface area contributed by atoms with Crippen molar-refractivity contribution in [1.82, 2.24) is 9.55 Å². The maximum Gasteiger partial charge on any atom is 0.306 e. The summed E-state index contributed by atoms with van der Waals surface area (Å²) in [6, 6.07) is 24.8. The van der Waals surface area contributed by atoms with Crippen LogP contribution in [0.25, 0.3) is 28.1 Å². The molecule has 0 saturated carbocycles. The van der Waals surface area contributed by atoms with Crippen molar-refractivity contribution in [2.75, 3.05) is 6.61 Å². The lowest BCUT2D eigenvalue weighted by molar-refractivity contribution is -0.147. The first kappa shape index (κ1) is 23.6. The third-order valence-electron chi connectivity index (χ3n) is 5.61. The van der Waals surface area contributed by atoms with Crippen molar-refractivity contribution in [3.05, 3.63) is 78.4 Å². The summed E-state index contributed by atoms with van der Waals surface area (Å²) in [7, 11) is 0. The summed E-state index contributed by atoms with van der Waals surface area (Å²) in [6.07, 6.45) is 3.03. The molecule has 0 amide bonds. The van der Waals surface area contributed by atoms with Crippen molar-refractivity contribution in [3.63, 3.8) is 0 Å². The zero-order valence-electron chi connectivity index (χ0n) is 20.2. The standard InChI is InChI=1S/C29H32N2O3/c1-21(2)34-28(32)12-8-5-9-19-33-25-17-18-26-27(20-25)31(24-15-13-22(3)14-16-24)29(30-26)23-10-6-4-7-11-23/h4,6-7,10-11,13-18,20-21H,5,8-9,12,19H2,1-3H3. The van der Waals surface area contributed by atoms with Gasteiger partial charge in [0.05, 0.1) is 23.7 Å². The van der Waals surface area contributed by atoms with Crippen molar-refractivity contribution in [3.8, 4) is 22.8 Å². The van der Waals surface area contributed by atoms with E-state index in [2.05, 4.69) is 54.0 Å². The van der Waals surface area contributed by atoms with Crippen LogP contribution in [0.5, 0.6) is 5.75 Å². The molecule has 4 aromatic rings. The third kappa shape index (κ3) is 5.84. The first-order valence-corrected chi connectivity index (χ1v) is 12.0. The molecule has 1 aromatic heterocycles. The highest BCUT2D eigenvalue weighted by Gasteiger charge is 2.15. The van der Waals surface area contributed by atoms with Crippen LogP contribution >= 0.6 is 0 Å². The van der Waals surface area contributed by atoms with Crippen molar-refractivity contribution in [2.24, 2.45) is 0 Å². The number of unbranched alkanes of at least 4 members (excludes halogenated alkanes) is 2. The van der Waals surface area contributed by atoms with Gasteiger partial charge < -0.3 is 9.47 Å². The van der Waals surface area contributed by atoms with Gasteiger partial charge in [-0.3, -0.25) is 9.36 Å². The zero-order valence-corrected chi connectivity index (χ0v) is 20.2. The van der Waals surface area contributed by atoms with E-state index < -0.39 is 0 Å². The number of benzene rings is 3. The number of ether oxygens (including phenoxy) is 2. The monoisotopic (exact) mass is 456 g/mol. The molecule has 3 aromatic carbocycles.